The fraction of sp³-hybridized carbons (Fsp3) is 0.294. The second kappa shape index (κ2) is 10.9. The third-order valence-corrected chi connectivity index (χ3v) is 2.91. The molecule has 0 aliphatic carbocycles. The molecular formula is C17H20N2O5S. The summed E-state index contributed by atoms with van der Waals surface area (Å²) in [6.45, 7) is 4.18. The zero-order chi connectivity index (χ0) is 18.7. The molecular weight excluding hydrogens is 344 g/mol. The molecule has 0 aliphatic rings. The molecule has 8 heteroatoms. The molecule has 0 saturated heterocycles. The average Bonchev–Trinajstić information content (AvgIpc) is 2.58. The van der Waals surface area contributed by atoms with E-state index >= 15 is 0 Å². The number of carbonyl (C=O) groups is 3. The fourth-order valence-corrected chi connectivity index (χ4v) is 1.84. The van der Waals surface area contributed by atoms with E-state index in [0.29, 0.717) is 17.9 Å². The van der Waals surface area contributed by atoms with Gasteiger partial charge in [0.15, 0.2) is 5.11 Å². The summed E-state index contributed by atoms with van der Waals surface area (Å²) in [7, 11) is 0. The lowest BCUT2D eigenvalue weighted by atomic mass is 10.2. The van der Waals surface area contributed by atoms with Gasteiger partial charge in [0, 0.05) is 17.8 Å². The highest BCUT2D eigenvalue weighted by molar-refractivity contribution is 7.80. The molecule has 0 bridgehead atoms. The number of esters is 2. The van der Waals surface area contributed by atoms with Crippen molar-refractivity contribution < 1.29 is 23.9 Å². The van der Waals surface area contributed by atoms with Crippen molar-refractivity contribution in [2.45, 2.75) is 20.3 Å². The van der Waals surface area contributed by atoms with E-state index in [0.717, 1.165) is 18.6 Å². The summed E-state index contributed by atoms with van der Waals surface area (Å²) in [5.41, 5.74) is 1.01. The summed E-state index contributed by atoms with van der Waals surface area (Å²) in [5.74, 6) is -1.57. The van der Waals surface area contributed by atoms with Gasteiger partial charge in [0.05, 0.1) is 18.8 Å². The van der Waals surface area contributed by atoms with Crippen molar-refractivity contribution in [1.82, 2.24) is 5.32 Å². The van der Waals surface area contributed by atoms with Crippen LogP contribution in [-0.2, 0) is 19.1 Å². The lowest BCUT2D eigenvalue weighted by molar-refractivity contribution is -0.137. The number of benzene rings is 1. The van der Waals surface area contributed by atoms with Gasteiger partial charge in [0.2, 0.25) is 5.91 Å². The Hall–Kier alpha value is -2.74. The zero-order valence-electron chi connectivity index (χ0n) is 14.0. The molecule has 0 spiro atoms. The zero-order valence-corrected chi connectivity index (χ0v) is 14.9. The third-order valence-electron chi connectivity index (χ3n) is 2.71. The first-order valence-corrected chi connectivity index (χ1v) is 8.11. The molecule has 0 saturated carbocycles. The van der Waals surface area contributed by atoms with Crippen LogP contribution in [0.3, 0.4) is 0 Å². The maximum absolute atomic E-state index is 11.7. The van der Waals surface area contributed by atoms with Crippen molar-refractivity contribution in [3.63, 3.8) is 0 Å². The Morgan fingerprint density at radius 1 is 1.08 bits per heavy atom. The monoisotopic (exact) mass is 364 g/mol. The van der Waals surface area contributed by atoms with E-state index < -0.39 is 17.8 Å². The molecule has 1 aromatic carbocycles. The van der Waals surface area contributed by atoms with Gasteiger partial charge in [-0.25, -0.2) is 9.59 Å². The molecule has 0 heterocycles. The highest BCUT2D eigenvalue weighted by atomic mass is 32.1. The van der Waals surface area contributed by atoms with E-state index in [-0.39, 0.29) is 11.7 Å². The van der Waals surface area contributed by atoms with Gasteiger partial charge in [-0.1, -0.05) is 6.92 Å². The second-order valence-electron chi connectivity index (χ2n) is 4.74. The number of ether oxygens (including phenoxy) is 2. The smallest absolute Gasteiger partial charge is 0.338 e. The SMILES string of the molecule is CCCOC(=O)c1ccc(NC(=S)NC(=O)/C=C/C(=O)OCC)cc1. The topological polar surface area (TPSA) is 93.7 Å². The van der Waals surface area contributed by atoms with Crippen LogP contribution in [-0.4, -0.2) is 36.2 Å². The molecule has 7 nitrogen and oxygen atoms in total. The largest absolute Gasteiger partial charge is 0.463 e. The average molecular weight is 364 g/mol. The standard InChI is InChI=1S/C17H20N2O5S/c1-3-11-24-16(22)12-5-7-13(8-6-12)18-17(25)19-14(20)9-10-15(21)23-4-2/h5-10H,3-4,11H2,1-2H3,(H2,18,19,20,25)/b10-9+. The number of anilines is 1. The van der Waals surface area contributed by atoms with Crippen LogP contribution in [0.5, 0.6) is 0 Å². The molecule has 25 heavy (non-hydrogen) atoms. The van der Waals surface area contributed by atoms with Gasteiger partial charge in [-0.15, -0.1) is 0 Å². The summed E-state index contributed by atoms with van der Waals surface area (Å²) in [5, 5.41) is 5.23. The molecule has 1 rings (SSSR count). The second-order valence-corrected chi connectivity index (χ2v) is 5.15. The van der Waals surface area contributed by atoms with Gasteiger partial charge in [-0.3, -0.25) is 10.1 Å². The highest BCUT2D eigenvalue weighted by Crippen LogP contribution is 2.10. The number of hydrogen-bond donors (Lipinski definition) is 2. The van der Waals surface area contributed by atoms with E-state index in [4.69, 9.17) is 17.0 Å². The van der Waals surface area contributed by atoms with Gasteiger partial charge in [-0.2, -0.15) is 0 Å². The minimum Gasteiger partial charge on any atom is -0.463 e. The summed E-state index contributed by atoms with van der Waals surface area (Å²) < 4.78 is 9.68. The number of thiocarbonyl (C=S) groups is 1. The third kappa shape index (κ3) is 8.07. The van der Waals surface area contributed by atoms with Crippen molar-refractivity contribution in [2.75, 3.05) is 18.5 Å². The molecule has 0 atom stereocenters. The van der Waals surface area contributed by atoms with E-state index in [1.807, 2.05) is 6.92 Å². The highest BCUT2D eigenvalue weighted by Gasteiger charge is 2.07. The van der Waals surface area contributed by atoms with Crippen LogP contribution >= 0.6 is 12.2 Å². The maximum atomic E-state index is 11.7. The fourth-order valence-electron chi connectivity index (χ4n) is 1.62. The van der Waals surface area contributed by atoms with E-state index in [1.165, 1.54) is 0 Å². The summed E-state index contributed by atoms with van der Waals surface area (Å²) in [4.78, 5) is 34.4. The van der Waals surface area contributed by atoms with E-state index in [2.05, 4.69) is 15.4 Å². The van der Waals surface area contributed by atoms with Gasteiger partial charge < -0.3 is 14.8 Å². The Labute approximate surface area is 151 Å². The number of hydrogen-bond acceptors (Lipinski definition) is 6. The Morgan fingerprint density at radius 2 is 1.76 bits per heavy atom. The molecule has 0 aliphatic heterocycles. The summed E-state index contributed by atoms with van der Waals surface area (Å²) in [6.07, 6.45) is 2.79. The molecule has 1 aromatic rings. The maximum Gasteiger partial charge on any atom is 0.338 e. The van der Waals surface area contributed by atoms with Crippen LogP contribution < -0.4 is 10.6 Å². The molecule has 0 fully saturated rings. The van der Waals surface area contributed by atoms with Crippen LogP contribution in [0.15, 0.2) is 36.4 Å². The van der Waals surface area contributed by atoms with Crippen molar-refractivity contribution in [3.05, 3.63) is 42.0 Å². The van der Waals surface area contributed by atoms with Crippen molar-refractivity contribution in [2.24, 2.45) is 0 Å². The minimum absolute atomic E-state index is 0.0554. The van der Waals surface area contributed by atoms with Gasteiger partial charge in [-0.05, 0) is 49.8 Å². The predicted molar refractivity (Wildman–Crippen MR) is 97.2 cm³/mol. The first-order chi connectivity index (χ1) is 12.0. The van der Waals surface area contributed by atoms with Crippen molar-refractivity contribution >= 4 is 40.9 Å². The number of amides is 1. The van der Waals surface area contributed by atoms with Crippen LogP contribution in [0.4, 0.5) is 5.69 Å². The Morgan fingerprint density at radius 3 is 2.36 bits per heavy atom. The molecule has 134 valence electrons. The van der Waals surface area contributed by atoms with Gasteiger partial charge >= 0.3 is 11.9 Å². The predicted octanol–water partition coefficient (Wildman–Crippen LogP) is 2.19. The van der Waals surface area contributed by atoms with Crippen LogP contribution in [0, 0.1) is 0 Å². The van der Waals surface area contributed by atoms with Crippen LogP contribution in [0.25, 0.3) is 0 Å². The van der Waals surface area contributed by atoms with Crippen molar-refractivity contribution in [3.8, 4) is 0 Å². The summed E-state index contributed by atoms with van der Waals surface area (Å²) in [6, 6.07) is 6.45. The van der Waals surface area contributed by atoms with E-state index in [1.54, 1.807) is 31.2 Å². The van der Waals surface area contributed by atoms with Gasteiger partial charge in [0.1, 0.15) is 0 Å². The van der Waals surface area contributed by atoms with Gasteiger partial charge in [0.25, 0.3) is 0 Å². The molecule has 0 aromatic heterocycles. The summed E-state index contributed by atoms with van der Waals surface area (Å²) >= 11 is 5.00. The molecule has 1 amide bonds. The Kier molecular flexibility index (Phi) is 8.87. The number of rotatable bonds is 7. The first-order valence-electron chi connectivity index (χ1n) is 7.70. The molecule has 0 radical (unpaired) electrons. The number of nitrogens with one attached hydrogen (secondary N) is 2. The van der Waals surface area contributed by atoms with Crippen molar-refractivity contribution in [1.29, 1.82) is 0 Å². The first kappa shape index (κ1) is 20.3. The van der Waals surface area contributed by atoms with Crippen LogP contribution in [0.1, 0.15) is 30.6 Å². The van der Waals surface area contributed by atoms with Crippen LogP contribution in [0.2, 0.25) is 0 Å². The minimum atomic E-state index is -0.609. The molecule has 0 unspecified atom stereocenters. The quantitative estimate of drug-likeness (QED) is 0.435. The Bertz CT molecular complexity index is 656. The lowest BCUT2D eigenvalue weighted by Gasteiger charge is -2.09. The number of carbonyl (C=O) groups excluding carboxylic acids is 3. The molecule has 2 N–H and O–H groups in total. The Balaban J connectivity index is 2.50. The lowest BCUT2D eigenvalue weighted by Crippen LogP contribution is -2.33. The van der Waals surface area contributed by atoms with E-state index in [9.17, 15) is 14.4 Å². The normalized spacial score (nSPS) is 10.2.